The molecule has 0 aliphatic carbocycles. The van der Waals surface area contributed by atoms with E-state index in [4.69, 9.17) is 10.5 Å². The van der Waals surface area contributed by atoms with Crippen LogP contribution in [0.15, 0.2) is 12.1 Å². The molecular weight excluding hydrogens is 234 g/mol. The van der Waals surface area contributed by atoms with E-state index in [-0.39, 0.29) is 4.75 Å². The molecule has 0 bridgehead atoms. The number of anilines is 2. The molecule has 2 heterocycles. The first-order valence-electron chi connectivity index (χ1n) is 5.71. The summed E-state index contributed by atoms with van der Waals surface area (Å²) in [5.74, 6) is 2.56. The maximum absolute atomic E-state index is 6.00. The molecule has 1 aliphatic heterocycles. The van der Waals surface area contributed by atoms with E-state index in [1.807, 2.05) is 17.8 Å². The van der Waals surface area contributed by atoms with Crippen molar-refractivity contribution in [3.63, 3.8) is 0 Å². The van der Waals surface area contributed by atoms with Crippen molar-refractivity contribution in [3.8, 4) is 5.88 Å². The molecule has 94 valence electrons. The number of ether oxygens (including phenoxy) is 1. The summed E-state index contributed by atoms with van der Waals surface area (Å²) in [6, 6.07) is 3.65. The second-order valence-corrected chi connectivity index (χ2v) is 6.60. The van der Waals surface area contributed by atoms with Crippen LogP contribution in [0.5, 0.6) is 5.88 Å². The number of methoxy groups -OCH3 is 1. The number of rotatable bonds is 2. The fourth-order valence-corrected chi connectivity index (χ4v) is 3.12. The summed E-state index contributed by atoms with van der Waals surface area (Å²) in [4.78, 5) is 6.69. The predicted molar refractivity (Wildman–Crippen MR) is 74.0 cm³/mol. The SMILES string of the molecule is COc1ccc(N)c(N2CCSC(C)(C)C2)n1. The summed E-state index contributed by atoms with van der Waals surface area (Å²) < 4.78 is 5.40. The van der Waals surface area contributed by atoms with Crippen LogP contribution < -0.4 is 15.4 Å². The van der Waals surface area contributed by atoms with E-state index >= 15 is 0 Å². The lowest BCUT2D eigenvalue weighted by Crippen LogP contribution is -2.43. The molecule has 1 aromatic heterocycles. The lowest BCUT2D eigenvalue weighted by atomic mass is 10.2. The van der Waals surface area contributed by atoms with Crippen molar-refractivity contribution in [3.05, 3.63) is 12.1 Å². The van der Waals surface area contributed by atoms with Gasteiger partial charge in [-0.05, 0) is 19.9 Å². The monoisotopic (exact) mass is 253 g/mol. The topological polar surface area (TPSA) is 51.4 Å². The average Bonchev–Trinajstić information content (AvgIpc) is 2.28. The fourth-order valence-electron chi connectivity index (χ4n) is 2.01. The molecule has 2 rings (SSSR count). The fraction of sp³-hybridized carbons (Fsp3) is 0.583. The highest BCUT2D eigenvalue weighted by Crippen LogP contribution is 2.34. The van der Waals surface area contributed by atoms with Gasteiger partial charge in [0.2, 0.25) is 5.88 Å². The van der Waals surface area contributed by atoms with Crippen LogP contribution in [-0.4, -0.2) is 35.7 Å². The standard InChI is InChI=1S/C12H19N3OS/c1-12(2)8-15(6-7-17-12)11-9(13)4-5-10(14-11)16-3/h4-5H,6-8,13H2,1-3H3. The van der Waals surface area contributed by atoms with Gasteiger partial charge in [0.1, 0.15) is 0 Å². The molecule has 1 aliphatic rings. The van der Waals surface area contributed by atoms with E-state index < -0.39 is 0 Å². The van der Waals surface area contributed by atoms with Crippen LogP contribution in [0.1, 0.15) is 13.8 Å². The second kappa shape index (κ2) is 4.64. The molecule has 2 N–H and O–H groups in total. The molecule has 0 unspecified atom stereocenters. The first-order chi connectivity index (χ1) is 8.02. The van der Waals surface area contributed by atoms with Gasteiger partial charge in [-0.1, -0.05) is 0 Å². The molecule has 17 heavy (non-hydrogen) atoms. The largest absolute Gasteiger partial charge is 0.481 e. The molecule has 1 fully saturated rings. The van der Waals surface area contributed by atoms with Crippen molar-refractivity contribution in [2.45, 2.75) is 18.6 Å². The maximum Gasteiger partial charge on any atom is 0.215 e. The van der Waals surface area contributed by atoms with Gasteiger partial charge < -0.3 is 15.4 Å². The smallest absolute Gasteiger partial charge is 0.215 e. The number of nitrogens with two attached hydrogens (primary N) is 1. The quantitative estimate of drug-likeness (QED) is 0.873. The summed E-state index contributed by atoms with van der Waals surface area (Å²) in [7, 11) is 1.62. The zero-order valence-electron chi connectivity index (χ0n) is 10.6. The molecule has 0 amide bonds. The van der Waals surface area contributed by atoms with Gasteiger partial charge >= 0.3 is 0 Å². The molecule has 1 saturated heterocycles. The van der Waals surface area contributed by atoms with Gasteiger partial charge in [-0.25, -0.2) is 0 Å². The lowest BCUT2D eigenvalue weighted by molar-refractivity contribution is 0.398. The van der Waals surface area contributed by atoms with Gasteiger partial charge in [-0.3, -0.25) is 0 Å². The summed E-state index contributed by atoms with van der Waals surface area (Å²) >= 11 is 1.99. The number of nitrogens with zero attached hydrogens (tertiary/aromatic N) is 2. The number of hydrogen-bond donors (Lipinski definition) is 1. The normalized spacial score (nSPS) is 19.1. The Morgan fingerprint density at radius 3 is 2.88 bits per heavy atom. The van der Waals surface area contributed by atoms with Crippen molar-refractivity contribution in [1.82, 2.24) is 4.98 Å². The van der Waals surface area contributed by atoms with Crippen molar-refractivity contribution in [2.75, 3.05) is 36.6 Å². The molecule has 0 radical (unpaired) electrons. The zero-order valence-corrected chi connectivity index (χ0v) is 11.4. The lowest BCUT2D eigenvalue weighted by Gasteiger charge is -2.38. The first-order valence-corrected chi connectivity index (χ1v) is 6.70. The van der Waals surface area contributed by atoms with Crippen LogP contribution in [0.25, 0.3) is 0 Å². The highest BCUT2D eigenvalue weighted by atomic mass is 32.2. The minimum absolute atomic E-state index is 0.245. The highest BCUT2D eigenvalue weighted by Gasteiger charge is 2.28. The van der Waals surface area contributed by atoms with E-state index in [1.165, 1.54) is 0 Å². The second-order valence-electron chi connectivity index (χ2n) is 4.80. The van der Waals surface area contributed by atoms with E-state index in [2.05, 4.69) is 23.7 Å². The molecule has 0 saturated carbocycles. The maximum atomic E-state index is 6.00. The van der Waals surface area contributed by atoms with Gasteiger partial charge in [0, 0.05) is 29.7 Å². The Bertz CT molecular complexity index is 409. The first kappa shape index (κ1) is 12.4. The molecule has 0 aromatic carbocycles. The van der Waals surface area contributed by atoms with E-state index in [9.17, 15) is 0 Å². The molecule has 4 nitrogen and oxygen atoms in total. The Labute approximate surface area is 107 Å². The molecular formula is C12H19N3OS. The summed E-state index contributed by atoms with van der Waals surface area (Å²) in [5, 5.41) is 0. The number of hydrogen-bond acceptors (Lipinski definition) is 5. The Balaban J connectivity index is 2.26. The van der Waals surface area contributed by atoms with Crippen LogP contribution in [0.4, 0.5) is 11.5 Å². The number of nitrogen functional groups attached to an aromatic ring is 1. The van der Waals surface area contributed by atoms with E-state index in [1.54, 1.807) is 13.2 Å². The molecule has 0 spiro atoms. The van der Waals surface area contributed by atoms with E-state index in [0.717, 1.165) is 24.7 Å². The Kier molecular flexibility index (Phi) is 3.38. The number of pyridine rings is 1. The third kappa shape index (κ3) is 2.77. The van der Waals surface area contributed by atoms with Gasteiger partial charge in [0.15, 0.2) is 5.82 Å². The average molecular weight is 253 g/mol. The van der Waals surface area contributed by atoms with Crippen molar-refractivity contribution < 1.29 is 4.74 Å². The van der Waals surface area contributed by atoms with Crippen LogP contribution in [0.3, 0.4) is 0 Å². The van der Waals surface area contributed by atoms with Gasteiger partial charge in [-0.2, -0.15) is 16.7 Å². The Morgan fingerprint density at radius 2 is 2.24 bits per heavy atom. The van der Waals surface area contributed by atoms with Crippen LogP contribution in [0, 0.1) is 0 Å². The third-order valence-corrected chi connectivity index (χ3v) is 4.11. The van der Waals surface area contributed by atoms with E-state index in [0.29, 0.717) is 11.6 Å². The summed E-state index contributed by atoms with van der Waals surface area (Å²) in [6.07, 6.45) is 0. The third-order valence-electron chi connectivity index (χ3n) is 2.81. The van der Waals surface area contributed by atoms with Crippen molar-refractivity contribution >= 4 is 23.3 Å². The molecule has 5 heteroatoms. The Hall–Kier alpha value is -1.10. The number of thioether (sulfide) groups is 1. The highest BCUT2D eigenvalue weighted by molar-refractivity contribution is 8.00. The van der Waals surface area contributed by atoms with Gasteiger partial charge in [0.25, 0.3) is 0 Å². The number of aromatic nitrogens is 1. The molecule has 1 aromatic rings. The van der Waals surface area contributed by atoms with Gasteiger partial charge in [-0.15, -0.1) is 0 Å². The van der Waals surface area contributed by atoms with Crippen molar-refractivity contribution in [1.29, 1.82) is 0 Å². The zero-order chi connectivity index (χ0) is 12.5. The Morgan fingerprint density at radius 1 is 1.47 bits per heavy atom. The predicted octanol–water partition coefficient (Wildman–Crippen LogP) is 2.00. The summed E-state index contributed by atoms with van der Waals surface area (Å²) in [5.41, 5.74) is 6.71. The minimum atomic E-state index is 0.245. The van der Waals surface area contributed by atoms with Crippen LogP contribution in [-0.2, 0) is 0 Å². The van der Waals surface area contributed by atoms with Crippen LogP contribution in [0.2, 0.25) is 0 Å². The van der Waals surface area contributed by atoms with Crippen LogP contribution >= 0.6 is 11.8 Å². The van der Waals surface area contributed by atoms with Crippen molar-refractivity contribution in [2.24, 2.45) is 0 Å². The molecule has 0 atom stereocenters. The van der Waals surface area contributed by atoms with Gasteiger partial charge in [0.05, 0.1) is 12.8 Å². The summed E-state index contributed by atoms with van der Waals surface area (Å²) in [6.45, 7) is 6.45. The minimum Gasteiger partial charge on any atom is -0.481 e.